The topological polar surface area (TPSA) is 232 Å². The van der Waals surface area contributed by atoms with Crippen LogP contribution in [-0.2, 0) is 65.7 Å². The summed E-state index contributed by atoms with van der Waals surface area (Å²) in [5.74, 6) is -3.96. The molecule has 0 aromatic heterocycles. The number of hydrogen-bond donors (Lipinski definition) is 4. The molecule has 0 saturated carbocycles. The molecule has 0 aliphatic carbocycles. The smallest absolute Gasteiger partial charge is 0.249 e. The number of piperazine rings is 1. The third-order valence-electron chi connectivity index (χ3n) is 11.2. The summed E-state index contributed by atoms with van der Waals surface area (Å²) in [6.45, 7) is 10.1. The molecule has 65 heavy (non-hydrogen) atoms. The monoisotopic (exact) mass is 915 g/mol. The quantitative estimate of drug-likeness (QED) is 0.246. The number of ether oxygens (including phenoxy) is 3. The van der Waals surface area contributed by atoms with Gasteiger partial charge < -0.3 is 64.9 Å². The summed E-state index contributed by atoms with van der Waals surface area (Å²) in [6.07, 6.45) is 1.43. The first-order chi connectivity index (χ1) is 31.2. The second-order valence-electron chi connectivity index (χ2n) is 16.9. The minimum absolute atomic E-state index is 0.0154. The highest BCUT2D eigenvalue weighted by Gasteiger charge is 2.28. The predicted octanol–water partition coefficient (Wildman–Crippen LogP) is -2.24. The van der Waals surface area contributed by atoms with E-state index >= 15 is 0 Å². The average molecular weight is 915 g/mol. The van der Waals surface area contributed by atoms with Gasteiger partial charge in [0, 0.05) is 64.4 Å². The molecule has 5 aliphatic heterocycles. The first-order valence-electron chi connectivity index (χ1n) is 22.7. The fourth-order valence-corrected chi connectivity index (χ4v) is 7.28. The van der Waals surface area contributed by atoms with E-state index in [1.54, 1.807) is 52.0 Å². The molecule has 21 nitrogen and oxygen atoms in total. The Morgan fingerprint density at radius 3 is 1.15 bits per heavy atom. The minimum Gasteiger partial charge on any atom is -0.377 e. The fourth-order valence-electron chi connectivity index (χ4n) is 7.28. The second kappa shape index (κ2) is 28.0. The van der Waals surface area contributed by atoms with Gasteiger partial charge in [-0.2, -0.15) is 0 Å². The highest BCUT2D eigenvalue weighted by Crippen LogP contribution is 2.08. The van der Waals surface area contributed by atoms with Crippen LogP contribution in [0.25, 0.3) is 0 Å². The number of benzene rings is 1. The molecular formula is C44H70N10O11. The van der Waals surface area contributed by atoms with Gasteiger partial charge in [0.05, 0.1) is 39.5 Å². The van der Waals surface area contributed by atoms with Gasteiger partial charge in [0.25, 0.3) is 0 Å². The lowest BCUT2D eigenvalue weighted by Crippen LogP contribution is -2.51. The zero-order chi connectivity index (χ0) is 47.1. The highest BCUT2D eigenvalue weighted by atomic mass is 16.5. The van der Waals surface area contributed by atoms with Gasteiger partial charge in [-0.05, 0) is 64.8 Å². The van der Waals surface area contributed by atoms with Crippen LogP contribution in [0.4, 0.5) is 0 Å². The van der Waals surface area contributed by atoms with E-state index in [0.717, 1.165) is 60.2 Å². The third kappa shape index (κ3) is 19.4. The van der Waals surface area contributed by atoms with Crippen molar-refractivity contribution >= 4 is 47.3 Å². The Kier molecular flexibility index (Phi) is 22.5. The number of nitrogens with zero attached hydrogens (tertiary/aromatic N) is 6. The maximum absolute atomic E-state index is 13.7. The number of amides is 8. The molecule has 362 valence electrons. The zero-order valence-corrected chi connectivity index (χ0v) is 38.6. The molecule has 8 amide bonds. The van der Waals surface area contributed by atoms with E-state index in [0.29, 0.717) is 25.9 Å². The summed E-state index contributed by atoms with van der Waals surface area (Å²) >= 11 is 0. The number of nitrogens with one attached hydrogen (secondary N) is 4. The Labute approximate surface area is 382 Å². The fraction of sp³-hybridized carbons (Fsp3) is 0.682. The number of rotatable bonds is 2. The lowest BCUT2D eigenvalue weighted by Gasteiger charge is -2.34. The van der Waals surface area contributed by atoms with Crippen LogP contribution in [-0.4, -0.2) is 220 Å². The van der Waals surface area contributed by atoms with Crippen LogP contribution >= 0.6 is 0 Å². The van der Waals surface area contributed by atoms with Crippen LogP contribution in [0.5, 0.6) is 0 Å². The molecule has 0 spiro atoms. The van der Waals surface area contributed by atoms with Crippen LogP contribution in [0.1, 0.15) is 51.7 Å². The van der Waals surface area contributed by atoms with Crippen LogP contribution < -0.4 is 21.3 Å². The summed E-state index contributed by atoms with van der Waals surface area (Å²) in [6, 6.07) is 6.28. The first-order valence-corrected chi connectivity index (χ1v) is 22.7. The van der Waals surface area contributed by atoms with Gasteiger partial charge in [0.1, 0.15) is 39.4 Å². The lowest BCUT2D eigenvalue weighted by atomic mass is 10.1. The van der Waals surface area contributed by atoms with Crippen LogP contribution in [0, 0.1) is 0 Å². The molecule has 6 rings (SSSR count). The van der Waals surface area contributed by atoms with Gasteiger partial charge in [0.15, 0.2) is 0 Å². The second-order valence-corrected chi connectivity index (χ2v) is 16.9. The van der Waals surface area contributed by atoms with E-state index in [1.807, 2.05) is 0 Å². The summed E-state index contributed by atoms with van der Waals surface area (Å²) in [5.41, 5.74) is 1.44. The molecule has 4 N–H and O–H groups in total. The zero-order valence-electron chi connectivity index (χ0n) is 38.6. The molecule has 3 saturated heterocycles. The normalized spacial score (nSPS) is 23.2. The van der Waals surface area contributed by atoms with Crippen molar-refractivity contribution in [2.45, 2.75) is 65.7 Å². The van der Waals surface area contributed by atoms with E-state index in [1.165, 1.54) is 9.80 Å². The molecule has 1 aromatic carbocycles. The van der Waals surface area contributed by atoms with Crippen molar-refractivity contribution in [3.8, 4) is 0 Å². The van der Waals surface area contributed by atoms with Crippen LogP contribution in [0.2, 0.25) is 0 Å². The van der Waals surface area contributed by atoms with Crippen LogP contribution in [0.3, 0.4) is 0 Å². The van der Waals surface area contributed by atoms with E-state index in [4.69, 9.17) is 14.2 Å². The highest BCUT2D eigenvalue weighted by molar-refractivity contribution is 5.92. The number of fused-ring (bicyclic) bond motifs is 26. The minimum atomic E-state index is -0.614. The van der Waals surface area contributed by atoms with Gasteiger partial charge >= 0.3 is 0 Å². The van der Waals surface area contributed by atoms with E-state index in [9.17, 15) is 38.4 Å². The summed E-state index contributed by atoms with van der Waals surface area (Å²) in [5, 5.41) is 11.4. The maximum atomic E-state index is 13.7. The molecule has 3 fully saturated rings. The average Bonchev–Trinajstić information content (AvgIpc) is 3.27. The van der Waals surface area contributed by atoms with Gasteiger partial charge in [-0.1, -0.05) is 24.3 Å². The van der Waals surface area contributed by atoms with E-state index < -0.39 is 74.8 Å². The summed E-state index contributed by atoms with van der Waals surface area (Å²) in [7, 11) is 0. The maximum Gasteiger partial charge on any atom is 0.249 e. The Morgan fingerprint density at radius 2 is 0.785 bits per heavy atom. The van der Waals surface area contributed by atoms with Gasteiger partial charge in [-0.15, -0.1) is 0 Å². The molecule has 6 bridgehead atoms. The lowest BCUT2D eigenvalue weighted by molar-refractivity contribution is -0.147. The van der Waals surface area contributed by atoms with E-state index in [2.05, 4.69) is 31.1 Å². The number of hydrogen-bond acceptors (Lipinski definition) is 13. The molecule has 1 aromatic rings. The third-order valence-corrected chi connectivity index (χ3v) is 11.2. The predicted molar refractivity (Wildman–Crippen MR) is 238 cm³/mol. The van der Waals surface area contributed by atoms with Crippen molar-refractivity contribution in [1.82, 2.24) is 50.7 Å². The SMILES string of the molecule is CC(C)N1CC(=O)NCCCN2CCN(CCCNC(=O)CN(C(C)C)C(=O)CN3CC(=O)NCc4ccc(cc4)CNC(=O)CN(CC1=O)C(=O)COCCOCCOCC3=O)CC2. The van der Waals surface area contributed by atoms with Crippen molar-refractivity contribution < 1.29 is 52.6 Å². The van der Waals surface area contributed by atoms with Gasteiger partial charge in [-0.25, -0.2) is 0 Å². The molecule has 0 atom stereocenters. The van der Waals surface area contributed by atoms with Gasteiger partial charge in [0.2, 0.25) is 47.3 Å². The Bertz CT molecular complexity index is 1620. The van der Waals surface area contributed by atoms with Crippen LogP contribution in [0.15, 0.2) is 24.3 Å². The van der Waals surface area contributed by atoms with Crippen molar-refractivity contribution in [2.75, 3.05) is 131 Å². The van der Waals surface area contributed by atoms with Crippen molar-refractivity contribution in [1.29, 1.82) is 0 Å². The number of carbonyl (C=O) groups excluding carboxylic acids is 8. The summed E-state index contributed by atoms with van der Waals surface area (Å²) in [4.78, 5) is 117. The van der Waals surface area contributed by atoms with Crippen molar-refractivity contribution in [3.63, 3.8) is 0 Å². The Balaban J connectivity index is 1.54. The molecule has 21 heteroatoms. The van der Waals surface area contributed by atoms with E-state index in [-0.39, 0.29) is 76.5 Å². The summed E-state index contributed by atoms with van der Waals surface area (Å²) < 4.78 is 16.6. The molecule has 0 unspecified atom stereocenters. The first kappa shape index (κ1) is 52.4. The molecular weight excluding hydrogens is 845 g/mol. The van der Waals surface area contributed by atoms with Gasteiger partial charge in [-0.3, -0.25) is 38.4 Å². The Hall–Kier alpha value is -5.22. The standard InChI is InChI=1S/C44H70N10O11/c1-33(2)53-27-39(57)45-11-5-13-49-15-17-50(18-16-49)14-6-12-46-40(58)28-54(34(3)4)42(60)30-52-26-38(56)48-24-36-9-7-35(8-10-36)23-47-37(55)25-51(29-41(53)59)43(61)31-64-21-19-63-20-22-65-32-44(52)62/h7-10,33-34H,5-6,11-32H2,1-4H3,(H,45,57)(H,46,58)(H,47,55)(H,48,56). The molecule has 5 heterocycles. The molecule has 0 radical (unpaired) electrons. The largest absolute Gasteiger partial charge is 0.377 e. The number of carbonyl (C=O) groups is 8. The Morgan fingerprint density at radius 1 is 0.431 bits per heavy atom. The van der Waals surface area contributed by atoms with Crippen molar-refractivity contribution in [2.24, 2.45) is 0 Å². The molecule has 5 aliphatic rings. The van der Waals surface area contributed by atoms with Crippen molar-refractivity contribution in [3.05, 3.63) is 35.4 Å².